The quantitative estimate of drug-likeness (QED) is 0.693. The predicted octanol–water partition coefficient (Wildman–Crippen LogP) is 0.268. The molecule has 1 aromatic heterocycles. The fourth-order valence-corrected chi connectivity index (χ4v) is 2.56. The lowest BCUT2D eigenvalue weighted by molar-refractivity contribution is -0.144. The Balaban J connectivity index is 1.71. The lowest BCUT2D eigenvalue weighted by Gasteiger charge is -2.21. The number of hydrogen-bond acceptors (Lipinski definition) is 7. The highest BCUT2D eigenvalue weighted by Gasteiger charge is 2.24. The lowest BCUT2D eigenvalue weighted by Crippen LogP contribution is -2.45. The molecular formula is C17H17N3O7. The SMILES string of the molecule is CCOC(=O)C1=C(COC(=O)Cn2c(=O)oc3ccccc32)NC(=O)NC1. The summed E-state index contributed by atoms with van der Waals surface area (Å²) in [6.07, 6.45) is 0. The van der Waals surface area contributed by atoms with Gasteiger partial charge >= 0.3 is 23.7 Å². The molecule has 0 spiro atoms. The highest BCUT2D eigenvalue weighted by atomic mass is 16.5. The summed E-state index contributed by atoms with van der Waals surface area (Å²) in [6.45, 7) is 1.07. The van der Waals surface area contributed by atoms with Gasteiger partial charge in [-0.1, -0.05) is 12.1 Å². The van der Waals surface area contributed by atoms with Crippen LogP contribution in [-0.2, 0) is 25.6 Å². The smallest absolute Gasteiger partial charge is 0.420 e. The van der Waals surface area contributed by atoms with Gasteiger partial charge in [-0.2, -0.15) is 0 Å². The summed E-state index contributed by atoms with van der Waals surface area (Å²) in [4.78, 5) is 47.5. The normalized spacial score (nSPS) is 13.9. The van der Waals surface area contributed by atoms with Gasteiger partial charge in [-0.3, -0.25) is 9.36 Å². The van der Waals surface area contributed by atoms with Crippen LogP contribution in [0.15, 0.2) is 44.7 Å². The van der Waals surface area contributed by atoms with Crippen molar-refractivity contribution in [1.29, 1.82) is 0 Å². The Kier molecular flexibility index (Phi) is 5.25. The summed E-state index contributed by atoms with van der Waals surface area (Å²) in [7, 11) is 0. The van der Waals surface area contributed by atoms with Gasteiger partial charge in [-0.25, -0.2) is 14.4 Å². The molecule has 0 radical (unpaired) electrons. The Morgan fingerprint density at radius 1 is 1.22 bits per heavy atom. The van der Waals surface area contributed by atoms with E-state index < -0.39 is 23.7 Å². The third-order valence-electron chi connectivity index (χ3n) is 3.81. The molecule has 27 heavy (non-hydrogen) atoms. The average Bonchev–Trinajstić information content (AvgIpc) is 2.96. The van der Waals surface area contributed by atoms with Crippen LogP contribution in [0.4, 0.5) is 4.79 Å². The van der Waals surface area contributed by atoms with Crippen LogP contribution in [0, 0.1) is 0 Å². The van der Waals surface area contributed by atoms with E-state index in [0.29, 0.717) is 11.1 Å². The van der Waals surface area contributed by atoms with E-state index in [1.165, 1.54) is 0 Å². The second-order valence-corrected chi connectivity index (χ2v) is 5.57. The first kappa shape index (κ1) is 18.2. The van der Waals surface area contributed by atoms with Crippen LogP contribution in [-0.4, -0.2) is 42.3 Å². The van der Waals surface area contributed by atoms with E-state index in [1.54, 1.807) is 31.2 Å². The molecule has 1 aliphatic rings. The zero-order valence-electron chi connectivity index (χ0n) is 14.4. The second kappa shape index (κ2) is 7.77. The van der Waals surface area contributed by atoms with Crippen molar-refractivity contribution in [2.24, 2.45) is 0 Å². The van der Waals surface area contributed by atoms with Gasteiger partial charge in [0, 0.05) is 0 Å². The largest absolute Gasteiger partial charge is 0.463 e. The molecule has 2 heterocycles. The van der Waals surface area contributed by atoms with Crippen LogP contribution in [0.5, 0.6) is 0 Å². The minimum Gasteiger partial charge on any atom is -0.463 e. The fraction of sp³-hybridized carbons (Fsp3) is 0.294. The molecule has 2 N–H and O–H groups in total. The number of hydrogen-bond donors (Lipinski definition) is 2. The number of carbonyl (C=O) groups is 3. The number of esters is 2. The standard InChI is InChI=1S/C17H17N3O7/c1-2-25-15(22)10-7-18-16(23)19-11(10)9-26-14(21)8-20-12-5-3-4-6-13(12)27-17(20)24/h3-6H,2,7-9H2,1H3,(H2,18,19,23). The first-order valence-corrected chi connectivity index (χ1v) is 8.17. The number of urea groups is 1. The number of rotatable bonds is 6. The summed E-state index contributed by atoms with van der Waals surface area (Å²) in [5, 5.41) is 4.87. The molecular weight excluding hydrogens is 358 g/mol. The fourth-order valence-electron chi connectivity index (χ4n) is 2.56. The maximum atomic E-state index is 12.1. The minimum atomic E-state index is -0.729. The minimum absolute atomic E-state index is 0.0383. The molecule has 0 saturated heterocycles. The summed E-state index contributed by atoms with van der Waals surface area (Å²) in [6, 6.07) is 6.14. The first-order chi connectivity index (χ1) is 13.0. The lowest BCUT2D eigenvalue weighted by atomic mass is 10.2. The Hall–Kier alpha value is -3.56. The van der Waals surface area contributed by atoms with Crippen LogP contribution in [0.2, 0.25) is 0 Å². The molecule has 142 valence electrons. The molecule has 10 nitrogen and oxygen atoms in total. The van der Waals surface area contributed by atoms with Crippen molar-refractivity contribution in [3.63, 3.8) is 0 Å². The van der Waals surface area contributed by atoms with E-state index in [4.69, 9.17) is 13.9 Å². The second-order valence-electron chi connectivity index (χ2n) is 5.57. The van der Waals surface area contributed by atoms with Crippen LogP contribution < -0.4 is 16.4 Å². The van der Waals surface area contributed by atoms with Crippen molar-refractivity contribution in [3.05, 3.63) is 46.1 Å². The third kappa shape index (κ3) is 4.00. The van der Waals surface area contributed by atoms with E-state index in [-0.39, 0.29) is 37.6 Å². The Labute approximate surface area is 152 Å². The first-order valence-electron chi connectivity index (χ1n) is 8.17. The molecule has 0 saturated carbocycles. The highest BCUT2D eigenvalue weighted by molar-refractivity contribution is 5.93. The molecule has 0 bridgehead atoms. The van der Waals surface area contributed by atoms with E-state index in [0.717, 1.165) is 4.57 Å². The average molecular weight is 375 g/mol. The number of fused-ring (bicyclic) bond motifs is 1. The van der Waals surface area contributed by atoms with Crippen molar-refractivity contribution in [2.45, 2.75) is 13.5 Å². The maximum absolute atomic E-state index is 12.1. The van der Waals surface area contributed by atoms with E-state index >= 15 is 0 Å². The monoisotopic (exact) mass is 375 g/mol. The molecule has 10 heteroatoms. The number of aromatic nitrogens is 1. The Morgan fingerprint density at radius 2 is 2.00 bits per heavy atom. The molecule has 2 aromatic rings. The van der Waals surface area contributed by atoms with Gasteiger partial charge in [0.2, 0.25) is 0 Å². The highest BCUT2D eigenvalue weighted by Crippen LogP contribution is 2.12. The van der Waals surface area contributed by atoms with Crippen LogP contribution >= 0.6 is 0 Å². The number of para-hydroxylation sites is 2. The number of ether oxygens (including phenoxy) is 2. The van der Waals surface area contributed by atoms with Crippen molar-refractivity contribution in [3.8, 4) is 0 Å². The van der Waals surface area contributed by atoms with Crippen molar-refractivity contribution in [1.82, 2.24) is 15.2 Å². The summed E-state index contributed by atoms with van der Waals surface area (Å²) in [5.41, 5.74) is 1.11. The number of carbonyl (C=O) groups excluding carboxylic acids is 3. The van der Waals surface area contributed by atoms with Crippen molar-refractivity contribution >= 4 is 29.1 Å². The van der Waals surface area contributed by atoms with Gasteiger partial charge in [-0.05, 0) is 19.1 Å². The molecule has 0 fully saturated rings. The molecule has 0 aliphatic carbocycles. The maximum Gasteiger partial charge on any atom is 0.420 e. The summed E-state index contributed by atoms with van der Waals surface area (Å²) >= 11 is 0. The van der Waals surface area contributed by atoms with Crippen molar-refractivity contribution < 1.29 is 28.3 Å². The van der Waals surface area contributed by atoms with Gasteiger partial charge in [0.15, 0.2) is 5.58 Å². The number of oxazole rings is 1. The van der Waals surface area contributed by atoms with Gasteiger partial charge in [0.1, 0.15) is 13.2 Å². The van der Waals surface area contributed by atoms with E-state index in [1.807, 2.05) is 0 Å². The van der Waals surface area contributed by atoms with Crippen molar-refractivity contribution in [2.75, 3.05) is 19.8 Å². The van der Waals surface area contributed by atoms with Crippen LogP contribution in [0.1, 0.15) is 6.92 Å². The molecule has 2 amide bonds. The number of nitrogens with one attached hydrogen (secondary N) is 2. The van der Waals surface area contributed by atoms with Gasteiger partial charge < -0.3 is 24.5 Å². The topological polar surface area (TPSA) is 129 Å². The Bertz CT molecular complexity index is 986. The molecule has 1 aliphatic heterocycles. The number of amides is 2. The number of benzene rings is 1. The predicted molar refractivity (Wildman–Crippen MR) is 91.6 cm³/mol. The summed E-state index contributed by atoms with van der Waals surface area (Å²) in [5.74, 6) is -2.03. The molecule has 0 unspecified atom stereocenters. The Morgan fingerprint density at radius 3 is 2.78 bits per heavy atom. The molecule has 0 atom stereocenters. The summed E-state index contributed by atoms with van der Waals surface area (Å²) < 4.78 is 16.2. The molecule has 1 aromatic carbocycles. The number of nitrogens with zero attached hydrogens (tertiary/aromatic N) is 1. The van der Waals surface area contributed by atoms with E-state index in [2.05, 4.69) is 10.6 Å². The zero-order chi connectivity index (χ0) is 19.4. The van der Waals surface area contributed by atoms with Crippen LogP contribution in [0.25, 0.3) is 11.1 Å². The zero-order valence-corrected chi connectivity index (χ0v) is 14.4. The third-order valence-corrected chi connectivity index (χ3v) is 3.81. The van der Waals surface area contributed by atoms with Crippen LogP contribution in [0.3, 0.4) is 0 Å². The van der Waals surface area contributed by atoms with Gasteiger partial charge in [-0.15, -0.1) is 0 Å². The van der Waals surface area contributed by atoms with E-state index in [9.17, 15) is 19.2 Å². The van der Waals surface area contributed by atoms with Gasteiger partial charge in [0.25, 0.3) is 0 Å². The van der Waals surface area contributed by atoms with Gasteiger partial charge in [0.05, 0.1) is 29.9 Å². The molecule has 3 rings (SSSR count).